The monoisotopic (exact) mass is 252 g/mol. The number of hydrogen-bond donors (Lipinski definition) is 1. The second-order valence-corrected chi connectivity index (χ2v) is 4.21. The molecule has 0 amide bonds. The van der Waals surface area contributed by atoms with E-state index in [4.69, 9.17) is 4.74 Å². The minimum Gasteiger partial charge on any atom is -0.465 e. The summed E-state index contributed by atoms with van der Waals surface area (Å²) in [6.07, 6.45) is -1.94. The zero-order valence-corrected chi connectivity index (χ0v) is 10.9. The first-order valence-electron chi connectivity index (χ1n) is 5.68. The van der Waals surface area contributed by atoms with Gasteiger partial charge in [-0.1, -0.05) is 0 Å². The summed E-state index contributed by atoms with van der Waals surface area (Å²) in [5.74, 6) is -0.354. The molecule has 0 aromatic heterocycles. The minimum atomic E-state index is -2.36. The highest BCUT2D eigenvalue weighted by Gasteiger charge is 2.32. The summed E-state index contributed by atoms with van der Waals surface area (Å²) in [6.45, 7) is 3.87. The summed E-state index contributed by atoms with van der Waals surface area (Å²) >= 11 is 0. The maximum Gasteiger partial charge on any atom is 0.326 e. The first-order chi connectivity index (χ1) is 7.85. The average molecular weight is 252 g/mol. The minimum absolute atomic E-state index is 0.289. The van der Waals surface area contributed by atoms with Crippen molar-refractivity contribution < 1.29 is 18.3 Å². The largest absolute Gasteiger partial charge is 0.465 e. The van der Waals surface area contributed by atoms with E-state index in [1.807, 2.05) is 0 Å². The number of esters is 1. The van der Waals surface area contributed by atoms with E-state index in [-0.39, 0.29) is 12.5 Å². The van der Waals surface area contributed by atoms with Crippen LogP contribution >= 0.6 is 0 Å². The molecule has 4 nitrogen and oxygen atoms in total. The second kappa shape index (κ2) is 7.55. The first-order valence-corrected chi connectivity index (χ1v) is 5.68. The molecule has 0 aliphatic carbocycles. The van der Waals surface area contributed by atoms with Crippen LogP contribution in [0.4, 0.5) is 8.78 Å². The van der Waals surface area contributed by atoms with Gasteiger partial charge in [0.2, 0.25) is 0 Å². The van der Waals surface area contributed by atoms with Crippen LogP contribution in [0.3, 0.4) is 0 Å². The van der Waals surface area contributed by atoms with Gasteiger partial charge in [-0.25, -0.2) is 8.78 Å². The van der Waals surface area contributed by atoms with Gasteiger partial charge < -0.3 is 15.0 Å². The standard InChI is InChI=1S/C11H22F2N2O2/c1-5-17-10(16)11(2,14-3)6-7-15(4)8-9(12)13/h9,14H,5-8H2,1-4H3. The van der Waals surface area contributed by atoms with Crippen LogP contribution in [0.5, 0.6) is 0 Å². The van der Waals surface area contributed by atoms with Gasteiger partial charge in [-0.2, -0.15) is 0 Å². The van der Waals surface area contributed by atoms with Gasteiger partial charge in [0, 0.05) is 6.54 Å². The Hall–Kier alpha value is -0.750. The van der Waals surface area contributed by atoms with Crippen LogP contribution in [0.1, 0.15) is 20.3 Å². The smallest absolute Gasteiger partial charge is 0.326 e. The Bertz CT molecular complexity index is 240. The number of carbonyl (C=O) groups excluding carboxylic acids is 1. The van der Waals surface area contributed by atoms with Crippen LogP contribution in [-0.2, 0) is 9.53 Å². The molecule has 0 rings (SSSR count). The van der Waals surface area contributed by atoms with Crippen LogP contribution in [0.25, 0.3) is 0 Å². The zero-order valence-electron chi connectivity index (χ0n) is 10.9. The zero-order chi connectivity index (χ0) is 13.5. The van der Waals surface area contributed by atoms with Crippen molar-refractivity contribution in [1.82, 2.24) is 10.2 Å². The van der Waals surface area contributed by atoms with E-state index in [0.29, 0.717) is 19.6 Å². The van der Waals surface area contributed by atoms with Crippen molar-refractivity contribution in [2.75, 3.05) is 33.8 Å². The van der Waals surface area contributed by atoms with E-state index < -0.39 is 12.0 Å². The lowest BCUT2D eigenvalue weighted by Crippen LogP contribution is -2.50. The molecule has 1 atom stereocenters. The SMILES string of the molecule is CCOC(=O)C(C)(CCN(C)CC(F)F)NC. The Morgan fingerprint density at radius 2 is 2.12 bits per heavy atom. The summed E-state index contributed by atoms with van der Waals surface area (Å²) in [5, 5.41) is 2.88. The fourth-order valence-electron chi connectivity index (χ4n) is 1.36. The summed E-state index contributed by atoms with van der Waals surface area (Å²) in [5.41, 5.74) is -0.827. The van der Waals surface area contributed by atoms with Crippen molar-refractivity contribution in [3.05, 3.63) is 0 Å². The fourth-order valence-corrected chi connectivity index (χ4v) is 1.36. The third-order valence-corrected chi connectivity index (χ3v) is 2.72. The number of nitrogens with zero attached hydrogens (tertiary/aromatic N) is 1. The van der Waals surface area contributed by atoms with E-state index in [1.54, 1.807) is 27.9 Å². The molecule has 0 aliphatic rings. The van der Waals surface area contributed by atoms with Crippen LogP contribution in [-0.4, -0.2) is 56.6 Å². The lowest BCUT2D eigenvalue weighted by molar-refractivity contribution is -0.150. The van der Waals surface area contributed by atoms with Gasteiger partial charge >= 0.3 is 5.97 Å². The van der Waals surface area contributed by atoms with Crippen LogP contribution in [0, 0.1) is 0 Å². The predicted octanol–water partition coefficient (Wildman–Crippen LogP) is 1.11. The van der Waals surface area contributed by atoms with Crippen LogP contribution in [0.2, 0.25) is 0 Å². The number of hydrogen-bond acceptors (Lipinski definition) is 4. The molecule has 0 fully saturated rings. The number of carbonyl (C=O) groups is 1. The Labute approximate surface area is 101 Å². The summed E-state index contributed by atoms with van der Waals surface area (Å²) in [4.78, 5) is 13.2. The molecule has 0 aromatic carbocycles. The molecule has 17 heavy (non-hydrogen) atoms. The van der Waals surface area contributed by atoms with E-state index in [2.05, 4.69) is 5.32 Å². The second-order valence-electron chi connectivity index (χ2n) is 4.21. The molecule has 6 heteroatoms. The summed E-state index contributed by atoms with van der Waals surface area (Å²) in [7, 11) is 3.26. The topological polar surface area (TPSA) is 41.6 Å². The average Bonchev–Trinajstić information content (AvgIpc) is 2.25. The van der Waals surface area contributed by atoms with Crippen molar-refractivity contribution in [2.24, 2.45) is 0 Å². The fraction of sp³-hybridized carbons (Fsp3) is 0.909. The van der Waals surface area contributed by atoms with Crippen LogP contribution < -0.4 is 5.32 Å². The molecular formula is C11H22F2N2O2. The van der Waals surface area contributed by atoms with Crippen LogP contribution in [0.15, 0.2) is 0 Å². The summed E-state index contributed by atoms with van der Waals surface area (Å²) < 4.78 is 29.2. The third-order valence-electron chi connectivity index (χ3n) is 2.72. The van der Waals surface area contributed by atoms with E-state index in [0.717, 1.165) is 0 Å². The van der Waals surface area contributed by atoms with Crippen molar-refractivity contribution in [3.8, 4) is 0 Å². The molecule has 0 spiro atoms. The quantitative estimate of drug-likeness (QED) is 0.657. The number of likely N-dealkylation sites (N-methyl/N-ethyl adjacent to an activating group) is 1. The van der Waals surface area contributed by atoms with Gasteiger partial charge in [0.15, 0.2) is 0 Å². The van der Waals surface area contributed by atoms with E-state index in [9.17, 15) is 13.6 Å². The number of nitrogens with one attached hydrogen (secondary N) is 1. The van der Waals surface area contributed by atoms with Crippen molar-refractivity contribution >= 4 is 5.97 Å². The van der Waals surface area contributed by atoms with Crippen molar-refractivity contribution in [3.63, 3.8) is 0 Å². The molecule has 0 aliphatic heterocycles. The molecule has 102 valence electrons. The normalized spacial score (nSPS) is 15.1. The molecule has 0 saturated heterocycles. The highest BCUT2D eigenvalue weighted by atomic mass is 19.3. The van der Waals surface area contributed by atoms with E-state index >= 15 is 0 Å². The molecule has 0 radical (unpaired) electrons. The number of alkyl halides is 2. The molecule has 1 unspecified atom stereocenters. The highest BCUT2D eigenvalue weighted by molar-refractivity contribution is 5.80. The van der Waals surface area contributed by atoms with E-state index in [1.165, 1.54) is 4.90 Å². The summed E-state index contributed by atoms with van der Waals surface area (Å²) in [6, 6.07) is 0. The molecule has 0 bridgehead atoms. The van der Waals surface area contributed by atoms with Gasteiger partial charge in [0.1, 0.15) is 5.54 Å². The first kappa shape index (κ1) is 16.2. The number of ether oxygens (including phenoxy) is 1. The Kier molecular flexibility index (Phi) is 7.22. The van der Waals surface area contributed by atoms with Crippen molar-refractivity contribution in [2.45, 2.75) is 32.2 Å². The lowest BCUT2D eigenvalue weighted by atomic mass is 9.98. The Morgan fingerprint density at radius 1 is 1.53 bits per heavy atom. The third kappa shape index (κ3) is 5.93. The Balaban J connectivity index is 4.24. The predicted molar refractivity (Wildman–Crippen MR) is 62.2 cm³/mol. The van der Waals surface area contributed by atoms with Gasteiger partial charge in [0.05, 0.1) is 13.2 Å². The van der Waals surface area contributed by atoms with Crippen molar-refractivity contribution in [1.29, 1.82) is 0 Å². The lowest BCUT2D eigenvalue weighted by Gasteiger charge is -2.28. The van der Waals surface area contributed by atoms with Gasteiger partial charge in [0.25, 0.3) is 6.43 Å². The molecule has 0 aromatic rings. The molecular weight excluding hydrogens is 230 g/mol. The maximum atomic E-state index is 12.1. The highest BCUT2D eigenvalue weighted by Crippen LogP contribution is 2.12. The number of rotatable bonds is 8. The maximum absolute atomic E-state index is 12.1. The molecule has 1 N–H and O–H groups in total. The Morgan fingerprint density at radius 3 is 2.53 bits per heavy atom. The van der Waals surface area contributed by atoms with Gasteiger partial charge in [-0.05, 0) is 34.4 Å². The van der Waals surface area contributed by atoms with Gasteiger partial charge in [-0.3, -0.25) is 4.79 Å². The number of halogens is 2. The van der Waals surface area contributed by atoms with Gasteiger partial charge in [-0.15, -0.1) is 0 Å². The molecule has 0 saturated carbocycles. The molecule has 0 heterocycles.